The number of piperidine rings is 1. The highest BCUT2D eigenvalue weighted by Crippen LogP contribution is 2.21. The fourth-order valence-corrected chi connectivity index (χ4v) is 8.69. The third-order valence-corrected chi connectivity index (χ3v) is 12.7. The van der Waals surface area contributed by atoms with Crippen molar-refractivity contribution in [3.63, 3.8) is 0 Å². The molecule has 324 valence electrons. The predicted molar refractivity (Wildman–Crippen MR) is 238 cm³/mol. The molecule has 0 bridgehead atoms. The molecule has 2 N–H and O–H groups in total. The Labute approximate surface area is 345 Å². The predicted octanol–water partition coefficient (Wildman–Crippen LogP) is 12.3. The van der Waals surface area contributed by atoms with E-state index in [0.717, 1.165) is 76.6 Å². The maximum absolute atomic E-state index is 13.7. The van der Waals surface area contributed by atoms with Gasteiger partial charge in [0.15, 0.2) is 0 Å². The highest BCUT2D eigenvalue weighted by molar-refractivity contribution is 7.99. The van der Waals surface area contributed by atoms with E-state index in [0.29, 0.717) is 25.2 Å². The maximum atomic E-state index is 13.7. The Bertz CT molecular complexity index is 897. The van der Waals surface area contributed by atoms with Crippen LogP contribution in [0.3, 0.4) is 0 Å². The first-order valence-corrected chi connectivity index (χ1v) is 25.1. The van der Waals surface area contributed by atoms with Gasteiger partial charge in [0.2, 0.25) is 11.8 Å². The first-order valence-electron chi connectivity index (χ1n) is 23.9. The molecule has 1 rings (SSSR count). The summed E-state index contributed by atoms with van der Waals surface area (Å²) < 4.78 is 5.53. The van der Waals surface area contributed by atoms with Crippen LogP contribution in [0.5, 0.6) is 0 Å². The summed E-state index contributed by atoms with van der Waals surface area (Å²) in [7, 11) is 2.13. The highest BCUT2D eigenvalue weighted by atomic mass is 32.2. The van der Waals surface area contributed by atoms with Gasteiger partial charge in [0, 0.05) is 17.7 Å². The number of hydrogen-bond donors (Lipinski definition) is 2. The number of thioether (sulfide) groups is 1. The Kier molecular flexibility index (Phi) is 36.0. The largest absolute Gasteiger partial charge is 0.466 e. The van der Waals surface area contributed by atoms with Gasteiger partial charge in [0.1, 0.15) is 6.04 Å². The van der Waals surface area contributed by atoms with Crippen LogP contribution in [0.2, 0.25) is 0 Å². The van der Waals surface area contributed by atoms with E-state index in [1.165, 1.54) is 135 Å². The highest BCUT2D eigenvalue weighted by Gasteiger charge is 2.27. The van der Waals surface area contributed by atoms with Crippen molar-refractivity contribution in [2.45, 2.75) is 238 Å². The molecule has 0 radical (unpaired) electrons. The lowest BCUT2D eigenvalue weighted by Gasteiger charge is -2.31. The van der Waals surface area contributed by atoms with Crippen LogP contribution in [0, 0.1) is 5.92 Å². The van der Waals surface area contributed by atoms with Crippen LogP contribution in [0.4, 0.5) is 0 Å². The number of likely N-dealkylation sites (tertiary alicyclic amines) is 1. The third kappa shape index (κ3) is 31.4. The van der Waals surface area contributed by atoms with Gasteiger partial charge < -0.3 is 20.3 Å². The third-order valence-electron chi connectivity index (χ3n) is 11.6. The van der Waals surface area contributed by atoms with Gasteiger partial charge >= 0.3 is 5.97 Å². The topological polar surface area (TPSA) is 87.7 Å². The summed E-state index contributed by atoms with van der Waals surface area (Å²) in [4.78, 5) is 42.0. The van der Waals surface area contributed by atoms with Crippen LogP contribution in [0.1, 0.15) is 226 Å². The fourth-order valence-electron chi connectivity index (χ4n) is 7.78. The standard InChI is InChI=1S/C47H91N3O4S/c1-5-8-11-14-16-17-18-19-20-21-22-23-24-25-27-30-39-54-45(51)36-41-55-40-35-44(47(53)48-43-33-37-50(4)38-34-43)49-46(52)42(31-28-13-10-7-3)32-29-26-15-12-9-6-2/h42-44H,5-41H2,1-4H3,(H,48,53)(H,49,52). The van der Waals surface area contributed by atoms with E-state index in [-0.39, 0.29) is 29.7 Å². The van der Waals surface area contributed by atoms with Crippen molar-refractivity contribution in [2.24, 2.45) is 5.92 Å². The van der Waals surface area contributed by atoms with E-state index >= 15 is 0 Å². The molecule has 2 amide bonds. The summed E-state index contributed by atoms with van der Waals surface area (Å²) in [5.41, 5.74) is 0. The zero-order valence-corrected chi connectivity index (χ0v) is 37.7. The van der Waals surface area contributed by atoms with E-state index in [9.17, 15) is 14.4 Å². The van der Waals surface area contributed by atoms with Crippen LogP contribution < -0.4 is 10.6 Å². The molecule has 0 saturated carbocycles. The van der Waals surface area contributed by atoms with Gasteiger partial charge in [-0.3, -0.25) is 14.4 Å². The smallest absolute Gasteiger partial charge is 0.306 e. The fraction of sp³-hybridized carbons (Fsp3) is 0.936. The molecule has 1 fully saturated rings. The summed E-state index contributed by atoms with van der Waals surface area (Å²) in [6, 6.07) is -0.378. The van der Waals surface area contributed by atoms with Crippen molar-refractivity contribution in [3.8, 4) is 0 Å². The van der Waals surface area contributed by atoms with Crippen LogP contribution in [-0.4, -0.2) is 73.0 Å². The molecule has 1 heterocycles. The lowest BCUT2D eigenvalue weighted by Crippen LogP contribution is -2.53. The monoisotopic (exact) mass is 794 g/mol. The number of rotatable bonds is 39. The quantitative estimate of drug-likeness (QED) is 0.0476. The molecule has 2 unspecified atom stereocenters. The molecule has 0 aromatic rings. The number of nitrogens with one attached hydrogen (secondary N) is 2. The zero-order chi connectivity index (χ0) is 40.0. The second-order valence-corrected chi connectivity index (χ2v) is 18.1. The maximum Gasteiger partial charge on any atom is 0.306 e. The number of amides is 2. The second kappa shape index (κ2) is 38.2. The van der Waals surface area contributed by atoms with Gasteiger partial charge in [-0.25, -0.2) is 0 Å². The molecule has 1 saturated heterocycles. The van der Waals surface area contributed by atoms with Gasteiger partial charge in [0.05, 0.1) is 13.0 Å². The molecule has 0 aromatic carbocycles. The second-order valence-electron chi connectivity index (χ2n) is 16.9. The van der Waals surface area contributed by atoms with Crippen molar-refractivity contribution < 1.29 is 19.1 Å². The van der Waals surface area contributed by atoms with Crippen LogP contribution in [0.15, 0.2) is 0 Å². The normalized spacial score (nSPS) is 14.8. The number of esters is 1. The Balaban J connectivity index is 2.35. The van der Waals surface area contributed by atoms with Gasteiger partial charge in [-0.2, -0.15) is 11.8 Å². The number of ether oxygens (including phenoxy) is 1. The van der Waals surface area contributed by atoms with Gasteiger partial charge in [-0.05, 0) is 64.4 Å². The van der Waals surface area contributed by atoms with Crippen molar-refractivity contribution in [3.05, 3.63) is 0 Å². The van der Waals surface area contributed by atoms with Crippen LogP contribution in [0.25, 0.3) is 0 Å². The SMILES string of the molecule is CCCCCCCCCCCCCCCCCCOC(=O)CCSCCC(NC(=O)C(CCCCCC)CCCCCCCC)C(=O)NC1CCN(C)CC1. The van der Waals surface area contributed by atoms with Gasteiger partial charge in [-0.1, -0.05) is 181 Å². The van der Waals surface area contributed by atoms with E-state index in [1.54, 1.807) is 11.8 Å². The van der Waals surface area contributed by atoms with E-state index in [2.05, 4.69) is 43.4 Å². The molecular weight excluding hydrogens is 703 g/mol. The molecular formula is C47H91N3O4S. The van der Waals surface area contributed by atoms with Crippen molar-refractivity contribution in [2.75, 3.05) is 38.2 Å². The molecule has 2 atom stereocenters. The molecule has 0 aliphatic carbocycles. The molecule has 0 spiro atoms. The number of nitrogens with zero attached hydrogens (tertiary/aromatic N) is 1. The minimum absolute atomic E-state index is 0.0292. The first kappa shape index (κ1) is 51.7. The molecule has 1 aliphatic heterocycles. The Morgan fingerprint density at radius 2 is 1.02 bits per heavy atom. The summed E-state index contributed by atoms with van der Waals surface area (Å²) in [5, 5.41) is 6.50. The number of unbranched alkanes of at least 4 members (excludes halogenated alkanes) is 23. The van der Waals surface area contributed by atoms with E-state index in [4.69, 9.17) is 4.74 Å². The molecule has 55 heavy (non-hydrogen) atoms. The Morgan fingerprint density at radius 1 is 0.582 bits per heavy atom. The van der Waals surface area contributed by atoms with Crippen LogP contribution >= 0.6 is 11.8 Å². The number of hydrogen-bond acceptors (Lipinski definition) is 6. The zero-order valence-electron chi connectivity index (χ0n) is 36.9. The van der Waals surface area contributed by atoms with Gasteiger partial charge in [-0.15, -0.1) is 0 Å². The minimum atomic E-state index is -0.538. The average Bonchev–Trinajstić information content (AvgIpc) is 3.18. The van der Waals surface area contributed by atoms with Crippen LogP contribution in [-0.2, 0) is 19.1 Å². The lowest BCUT2D eigenvalue weighted by atomic mass is 9.93. The van der Waals surface area contributed by atoms with Crippen molar-refractivity contribution >= 4 is 29.5 Å². The lowest BCUT2D eigenvalue weighted by molar-refractivity contribution is -0.143. The Morgan fingerprint density at radius 3 is 1.51 bits per heavy atom. The summed E-state index contributed by atoms with van der Waals surface area (Å²) in [5.74, 6) is 1.24. The molecule has 7 nitrogen and oxygen atoms in total. The Hall–Kier alpha value is -1.28. The average molecular weight is 794 g/mol. The van der Waals surface area contributed by atoms with E-state index in [1.807, 2.05) is 0 Å². The summed E-state index contributed by atoms with van der Waals surface area (Å²) in [6.45, 7) is 9.22. The molecule has 8 heteroatoms. The summed E-state index contributed by atoms with van der Waals surface area (Å²) >= 11 is 1.68. The minimum Gasteiger partial charge on any atom is -0.466 e. The van der Waals surface area contributed by atoms with Gasteiger partial charge in [0.25, 0.3) is 0 Å². The summed E-state index contributed by atoms with van der Waals surface area (Å²) in [6.07, 6.45) is 37.9. The molecule has 0 aromatic heterocycles. The van der Waals surface area contributed by atoms with Crippen molar-refractivity contribution in [1.82, 2.24) is 15.5 Å². The number of carbonyl (C=O) groups is 3. The first-order chi connectivity index (χ1) is 26.9. The molecule has 1 aliphatic rings. The van der Waals surface area contributed by atoms with E-state index < -0.39 is 6.04 Å². The number of carbonyl (C=O) groups excluding carboxylic acids is 3. The van der Waals surface area contributed by atoms with Crippen molar-refractivity contribution in [1.29, 1.82) is 0 Å².